The molecule has 0 aromatic carbocycles. The lowest BCUT2D eigenvalue weighted by Gasteiger charge is -2.32. The Kier molecular flexibility index (Phi) is 7.77. The third kappa shape index (κ3) is 5.82. The Morgan fingerprint density at radius 3 is 2.65 bits per heavy atom. The van der Waals surface area contributed by atoms with Gasteiger partial charge in [-0.2, -0.15) is 0 Å². The Morgan fingerprint density at radius 1 is 1.41 bits per heavy atom. The monoisotopic (exact) mass is 244 g/mol. The minimum absolute atomic E-state index is 0.244. The maximum absolute atomic E-state index is 9.20. The van der Waals surface area contributed by atoms with Crippen molar-refractivity contribution in [2.24, 2.45) is 5.92 Å². The van der Waals surface area contributed by atoms with E-state index < -0.39 is 0 Å². The number of aliphatic hydroxyl groups is 1. The summed E-state index contributed by atoms with van der Waals surface area (Å²) in [5.74, 6) is 0.749. The fraction of sp³-hybridized carbons (Fsp3) is 1.00. The molecule has 102 valence electrons. The number of hydrogen-bond donors (Lipinski definition) is 2. The van der Waals surface area contributed by atoms with Gasteiger partial charge in [0.25, 0.3) is 0 Å². The molecule has 1 aliphatic rings. The first-order chi connectivity index (χ1) is 8.30. The van der Waals surface area contributed by atoms with Crippen LogP contribution in [0.5, 0.6) is 0 Å². The van der Waals surface area contributed by atoms with Crippen LogP contribution in [0.25, 0.3) is 0 Å². The van der Waals surface area contributed by atoms with Crippen LogP contribution in [0, 0.1) is 5.92 Å². The molecule has 1 atom stereocenters. The molecule has 1 aliphatic heterocycles. The predicted molar refractivity (Wildman–Crippen MR) is 70.2 cm³/mol. The van der Waals surface area contributed by atoms with Crippen LogP contribution in [0.15, 0.2) is 0 Å². The van der Waals surface area contributed by atoms with Crippen molar-refractivity contribution in [3.63, 3.8) is 0 Å². The molecule has 0 amide bonds. The molecular formula is C13H28N2O2. The zero-order chi connectivity index (χ0) is 12.5. The van der Waals surface area contributed by atoms with Gasteiger partial charge in [0, 0.05) is 19.8 Å². The van der Waals surface area contributed by atoms with Crippen LogP contribution >= 0.6 is 0 Å². The second-order valence-corrected chi connectivity index (χ2v) is 4.97. The normalized spacial score (nSPS) is 20.6. The molecule has 0 spiro atoms. The van der Waals surface area contributed by atoms with Crippen molar-refractivity contribution in [1.29, 1.82) is 0 Å². The molecule has 0 radical (unpaired) electrons. The number of nitrogens with zero attached hydrogens (tertiary/aromatic N) is 1. The average molecular weight is 244 g/mol. The highest BCUT2D eigenvalue weighted by atomic mass is 16.5. The molecular weight excluding hydrogens is 216 g/mol. The van der Waals surface area contributed by atoms with Gasteiger partial charge in [-0.15, -0.1) is 0 Å². The number of nitrogens with one attached hydrogen (secondary N) is 1. The van der Waals surface area contributed by atoms with Gasteiger partial charge >= 0.3 is 0 Å². The highest BCUT2D eigenvalue weighted by Crippen LogP contribution is 2.17. The first-order valence-corrected chi connectivity index (χ1v) is 6.85. The largest absolute Gasteiger partial charge is 0.395 e. The van der Waals surface area contributed by atoms with E-state index in [4.69, 9.17) is 4.74 Å². The molecule has 2 N–H and O–H groups in total. The van der Waals surface area contributed by atoms with Crippen molar-refractivity contribution < 1.29 is 9.84 Å². The molecule has 1 saturated heterocycles. The van der Waals surface area contributed by atoms with Gasteiger partial charge in [0.15, 0.2) is 0 Å². The number of aliphatic hydroxyl groups excluding tert-OH is 1. The molecule has 1 heterocycles. The highest BCUT2D eigenvalue weighted by molar-refractivity contribution is 4.74. The van der Waals surface area contributed by atoms with Gasteiger partial charge in [-0.05, 0) is 51.4 Å². The lowest BCUT2D eigenvalue weighted by atomic mass is 9.97. The standard InChI is InChI=1S/C13H28N2O2/c1-3-14-13(10-16)6-9-15-7-4-12(5-8-15)11-17-2/h12-14,16H,3-11H2,1-2H3. The third-order valence-corrected chi connectivity index (χ3v) is 3.62. The van der Waals surface area contributed by atoms with E-state index in [1.807, 2.05) is 0 Å². The van der Waals surface area contributed by atoms with Gasteiger partial charge in [-0.1, -0.05) is 6.92 Å². The Hall–Kier alpha value is -0.160. The van der Waals surface area contributed by atoms with Gasteiger partial charge < -0.3 is 20.1 Å². The van der Waals surface area contributed by atoms with E-state index in [9.17, 15) is 5.11 Å². The van der Waals surface area contributed by atoms with Gasteiger partial charge in [0.1, 0.15) is 0 Å². The minimum atomic E-state index is 0.244. The lowest BCUT2D eigenvalue weighted by Crippen LogP contribution is -2.40. The van der Waals surface area contributed by atoms with Crippen LogP contribution in [0.2, 0.25) is 0 Å². The summed E-state index contributed by atoms with van der Waals surface area (Å²) in [6.45, 7) is 7.62. The molecule has 1 unspecified atom stereocenters. The molecule has 4 heteroatoms. The summed E-state index contributed by atoms with van der Waals surface area (Å²) >= 11 is 0. The maximum Gasteiger partial charge on any atom is 0.0585 e. The smallest absolute Gasteiger partial charge is 0.0585 e. The third-order valence-electron chi connectivity index (χ3n) is 3.62. The fourth-order valence-electron chi connectivity index (χ4n) is 2.50. The van der Waals surface area contributed by atoms with Crippen LogP contribution in [0.3, 0.4) is 0 Å². The van der Waals surface area contributed by atoms with E-state index in [1.54, 1.807) is 7.11 Å². The molecule has 0 aliphatic carbocycles. The van der Waals surface area contributed by atoms with E-state index in [1.165, 1.54) is 25.9 Å². The molecule has 1 rings (SSSR count). The van der Waals surface area contributed by atoms with Crippen LogP contribution < -0.4 is 5.32 Å². The molecule has 17 heavy (non-hydrogen) atoms. The van der Waals surface area contributed by atoms with E-state index >= 15 is 0 Å². The van der Waals surface area contributed by atoms with Crippen molar-refractivity contribution in [1.82, 2.24) is 10.2 Å². The highest BCUT2D eigenvalue weighted by Gasteiger charge is 2.19. The van der Waals surface area contributed by atoms with Crippen LogP contribution in [-0.4, -0.2) is 62.6 Å². The van der Waals surface area contributed by atoms with Crippen molar-refractivity contribution in [2.75, 3.05) is 46.5 Å². The number of likely N-dealkylation sites (N-methyl/N-ethyl adjacent to an activating group) is 1. The fourth-order valence-corrected chi connectivity index (χ4v) is 2.50. The number of rotatable bonds is 8. The zero-order valence-electron chi connectivity index (χ0n) is 11.3. The number of hydrogen-bond acceptors (Lipinski definition) is 4. The molecule has 0 bridgehead atoms. The van der Waals surface area contributed by atoms with E-state index in [-0.39, 0.29) is 12.6 Å². The summed E-state index contributed by atoms with van der Waals surface area (Å²) in [6, 6.07) is 0.261. The molecule has 4 nitrogen and oxygen atoms in total. The van der Waals surface area contributed by atoms with E-state index in [0.717, 1.165) is 32.0 Å². The van der Waals surface area contributed by atoms with Crippen molar-refractivity contribution in [3.05, 3.63) is 0 Å². The first-order valence-electron chi connectivity index (χ1n) is 6.85. The quantitative estimate of drug-likeness (QED) is 0.660. The summed E-state index contributed by atoms with van der Waals surface area (Å²) in [6.07, 6.45) is 3.54. The Bertz CT molecular complexity index is 182. The van der Waals surface area contributed by atoms with Crippen molar-refractivity contribution in [3.8, 4) is 0 Å². The second kappa shape index (κ2) is 8.86. The summed E-state index contributed by atoms with van der Waals surface area (Å²) < 4.78 is 5.20. The molecule has 0 aromatic heterocycles. The van der Waals surface area contributed by atoms with Gasteiger partial charge in [-0.25, -0.2) is 0 Å². The van der Waals surface area contributed by atoms with E-state index in [2.05, 4.69) is 17.1 Å². The van der Waals surface area contributed by atoms with Gasteiger partial charge in [0.05, 0.1) is 6.61 Å². The van der Waals surface area contributed by atoms with Gasteiger partial charge in [-0.3, -0.25) is 0 Å². The first kappa shape index (κ1) is 14.9. The van der Waals surface area contributed by atoms with Crippen LogP contribution in [0.4, 0.5) is 0 Å². The van der Waals surface area contributed by atoms with Crippen LogP contribution in [0.1, 0.15) is 26.2 Å². The number of ether oxygens (including phenoxy) is 1. The number of methoxy groups -OCH3 is 1. The molecule has 0 saturated carbocycles. The summed E-state index contributed by atoms with van der Waals surface area (Å²) in [5.41, 5.74) is 0. The summed E-state index contributed by atoms with van der Waals surface area (Å²) in [4.78, 5) is 2.51. The summed E-state index contributed by atoms with van der Waals surface area (Å²) in [5, 5.41) is 12.5. The zero-order valence-corrected chi connectivity index (χ0v) is 11.3. The predicted octanol–water partition coefficient (Wildman–Crippen LogP) is 0.705. The van der Waals surface area contributed by atoms with Crippen molar-refractivity contribution in [2.45, 2.75) is 32.2 Å². The second-order valence-electron chi connectivity index (χ2n) is 4.97. The SMILES string of the molecule is CCNC(CO)CCN1CCC(COC)CC1. The Balaban J connectivity index is 2.12. The molecule has 1 fully saturated rings. The number of likely N-dealkylation sites (tertiary alicyclic amines) is 1. The Morgan fingerprint density at radius 2 is 2.12 bits per heavy atom. The van der Waals surface area contributed by atoms with Gasteiger partial charge in [0.2, 0.25) is 0 Å². The van der Waals surface area contributed by atoms with E-state index in [0.29, 0.717) is 0 Å². The average Bonchev–Trinajstić information content (AvgIpc) is 2.36. The maximum atomic E-state index is 9.20. The lowest BCUT2D eigenvalue weighted by molar-refractivity contribution is 0.0961. The van der Waals surface area contributed by atoms with Crippen molar-refractivity contribution >= 4 is 0 Å². The summed E-state index contributed by atoms with van der Waals surface area (Å²) in [7, 11) is 1.79. The topological polar surface area (TPSA) is 44.7 Å². The number of piperidine rings is 1. The van der Waals surface area contributed by atoms with Crippen LogP contribution in [-0.2, 0) is 4.74 Å². The molecule has 0 aromatic rings. The minimum Gasteiger partial charge on any atom is -0.395 e. The Labute approximate surface area is 105 Å².